The van der Waals surface area contributed by atoms with Gasteiger partial charge in [-0.1, -0.05) is 13.8 Å². The van der Waals surface area contributed by atoms with Crippen molar-refractivity contribution in [1.29, 1.82) is 0 Å². The molecule has 1 aromatic rings. The summed E-state index contributed by atoms with van der Waals surface area (Å²) in [6.45, 7) is 6.21. The van der Waals surface area contributed by atoms with E-state index in [9.17, 15) is 14.9 Å². The lowest BCUT2D eigenvalue weighted by Crippen LogP contribution is -2.39. The molecule has 0 aliphatic carbocycles. The van der Waals surface area contributed by atoms with E-state index in [0.717, 1.165) is 6.20 Å². The Morgan fingerprint density at radius 3 is 2.74 bits per heavy atom. The average Bonchev–Trinajstić information content (AvgIpc) is 2.36. The van der Waals surface area contributed by atoms with Crippen molar-refractivity contribution in [3.63, 3.8) is 0 Å². The van der Waals surface area contributed by atoms with Gasteiger partial charge in [-0.25, -0.2) is 0 Å². The van der Waals surface area contributed by atoms with Gasteiger partial charge in [-0.15, -0.1) is 0 Å². The maximum Gasteiger partial charge on any atom is 0.310 e. The summed E-state index contributed by atoms with van der Waals surface area (Å²) in [5.74, 6) is 0.159. The van der Waals surface area contributed by atoms with Crippen LogP contribution in [0.25, 0.3) is 0 Å². The Hall–Kier alpha value is -2.18. The molecule has 1 unspecified atom stereocenters. The van der Waals surface area contributed by atoms with Crippen LogP contribution in [0.15, 0.2) is 18.5 Å². The molecular formula is C12H18N4O3. The van der Waals surface area contributed by atoms with E-state index in [1.165, 1.54) is 12.3 Å². The maximum absolute atomic E-state index is 11.8. The molecule has 0 radical (unpaired) electrons. The van der Waals surface area contributed by atoms with E-state index in [-0.39, 0.29) is 17.3 Å². The Morgan fingerprint density at radius 2 is 2.16 bits per heavy atom. The Balaban J connectivity index is 2.69. The number of carbonyl (C=O) groups is 1. The number of anilines is 1. The minimum absolute atomic E-state index is 0.147. The monoisotopic (exact) mass is 266 g/mol. The van der Waals surface area contributed by atoms with Crippen molar-refractivity contribution in [2.45, 2.75) is 26.8 Å². The normalized spacial score (nSPS) is 12.0. The Kier molecular flexibility index (Phi) is 5.23. The molecular weight excluding hydrogens is 248 g/mol. The zero-order valence-corrected chi connectivity index (χ0v) is 11.2. The maximum atomic E-state index is 11.8. The quantitative estimate of drug-likeness (QED) is 0.601. The van der Waals surface area contributed by atoms with E-state index in [4.69, 9.17) is 0 Å². The zero-order valence-electron chi connectivity index (χ0n) is 11.2. The predicted octanol–water partition coefficient (Wildman–Crippen LogP) is 1.56. The van der Waals surface area contributed by atoms with E-state index >= 15 is 0 Å². The Morgan fingerprint density at radius 1 is 1.47 bits per heavy atom. The lowest BCUT2D eigenvalue weighted by molar-refractivity contribution is -0.384. The van der Waals surface area contributed by atoms with E-state index in [0.29, 0.717) is 12.5 Å². The van der Waals surface area contributed by atoms with E-state index < -0.39 is 11.0 Å². The first-order valence-electron chi connectivity index (χ1n) is 6.04. The molecule has 0 saturated heterocycles. The highest BCUT2D eigenvalue weighted by atomic mass is 16.6. The van der Waals surface area contributed by atoms with Crippen LogP contribution in [-0.2, 0) is 4.79 Å². The Bertz CT molecular complexity index is 462. The van der Waals surface area contributed by atoms with Crippen LogP contribution in [0.3, 0.4) is 0 Å². The van der Waals surface area contributed by atoms with Crippen molar-refractivity contribution in [3.8, 4) is 0 Å². The third kappa shape index (κ3) is 4.53. The molecule has 0 aliphatic rings. The van der Waals surface area contributed by atoms with Crippen LogP contribution in [0, 0.1) is 16.0 Å². The minimum atomic E-state index is -0.556. The van der Waals surface area contributed by atoms with Gasteiger partial charge in [0.05, 0.1) is 4.92 Å². The van der Waals surface area contributed by atoms with Crippen LogP contribution in [0.4, 0.5) is 11.4 Å². The fourth-order valence-corrected chi connectivity index (χ4v) is 1.41. The number of nitrogens with one attached hydrogen (secondary N) is 2. The number of pyridine rings is 1. The molecule has 0 aromatic carbocycles. The number of rotatable bonds is 6. The zero-order chi connectivity index (χ0) is 14.4. The van der Waals surface area contributed by atoms with Crippen LogP contribution in [-0.4, -0.2) is 28.4 Å². The second-order valence-electron chi connectivity index (χ2n) is 4.65. The highest BCUT2D eigenvalue weighted by Gasteiger charge is 2.18. The van der Waals surface area contributed by atoms with Crippen molar-refractivity contribution >= 4 is 17.3 Å². The third-order valence-electron chi connectivity index (χ3n) is 2.45. The molecule has 104 valence electrons. The van der Waals surface area contributed by atoms with Gasteiger partial charge in [-0.05, 0) is 18.9 Å². The van der Waals surface area contributed by atoms with Gasteiger partial charge in [0.1, 0.15) is 17.9 Å². The summed E-state index contributed by atoms with van der Waals surface area (Å²) in [5.41, 5.74) is 0.137. The highest BCUT2D eigenvalue weighted by Crippen LogP contribution is 2.22. The lowest BCUT2D eigenvalue weighted by atomic mass is 10.2. The predicted molar refractivity (Wildman–Crippen MR) is 71.8 cm³/mol. The lowest BCUT2D eigenvalue weighted by Gasteiger charge is -2.16. The van der Waals surface area contributed by atoms with E-state index in [1.807, 2.05) is 13.8 Å². The molecule has 1 heterocycles. The standard InChI is InChI=1S/C12H18N4O3/c1-8(2)6-14-12(17)9(3)15-10-4-5-13-7-11(10)16(18)19/h4-5,7-9H,6H2,1-3H3,(H,13,15)(H,14,17). The van der Waals surface area contributed by atoms with Crippen LogP contribution in [0.2, 0.25) is 0 Å². The van der Waals surface area contributed by atoms with Gasteiger partial charge < -0.3 is 10.6 Å². The number of hydrogen-bond acceptors (Lipinski definition) is 5. The first kappa shape index (κ1) is 14.9. The van der Waals surface area contributed by atoms with Gasteiger partial charge in [-0.3, -0.25) is 19.9 Å². The van der Waals surface area contributed by atoms with E-state index in [1.54, 1.807) is 6.92 Å². The first-order valence-corrected chi connectivity index (χ1v) is 6.04. The molecule has 1 rings (SSSR count). The molecule has 0 aliphatic heterocycles. The van der Waals surface area contributed by atoms with Crippen molar-refractivity contribution < 1.29 is 9.72 Å². The second-order valence-corrected chi connectivity index (χ2v) is 4.65. The van der Waals surface area contributed by atoms with Gasteiger partial charge in [-0.2, -0.15) is 0 Å². The summed E-state index contributed by atoms with van der Waals surface area (Å²) >= 11 is 0. The van der Waals surface area contributed by atoms with Gasteiger partial charge >= 0.3 is 5.69 Å². The molecule has 19 heavy (non-hydrogen) atoms. The number of hydrogen-bond donors (Lipinski definition) is 2. The molecule has 0 fully saturated rings. The van der Waals surface area contributed by atoms with Gasteiger partial charge in [0.25, 0.3) is 0 Å². The summed E-state index contributed by atoms with van der Waals surface area (Å²) < 4.78 is 0. The minimum Gasteiger partial charge on any atom is -0.368 e. The third-order valence-corrected chi connectivity index (χ3v) is 2.45. The van der Waals surface area contributed by atoms with Crippen LogP contribution in [0.5, 0.6) is 0 Å². The molecule has 0 bridgehead atoms. The number of carbonyl (C=O) groups excluding carboxylic acids is 1. The number of amides is 1. The van der Waals surface area contributed by atoms with Crippen molar-refractivity contribution in [3.05, 3.63) is 28.6 Å². The second kappa shape index (κ2) is 6.67. The summed E-state index contributed by atoms with van der Waals surface area (Å²) in [4.78, 5) is 25.7. The van der Waals surface area contributed by atoms with Crippen molar-refractivity contribution in [2.24, 2.45) is 5.92 Å². The van der Waals surface area contributed by atoms with Crippen LogP contribution < -0.4 is 10.6 Å². The van der Waals surface area contributed by atoms with Gasteiger partial charge in [0, 0.05) is 12.7 Å². The first-order chi connectivity index (χ1) is 8.91. The molecule has 0 saturated carbocycles. The molecule has 1 aromatic heterocycles. The largest absolute Gasteiger partial charge is 0.368 e. The van der Waals surface area contributed by atoms with Crippen LogP contribution >= 0.6 is 0 Å². The Labute approximate surface area is 111 Å². The number of nitro groups is 1. The summed E-state index contributed by atoms with van der Waals surface area (Å²) in [7, 11) is 0. The summed E-state index contributed by atoms with van der Waals surface area (Å²) in [6, 6.07) is 0.921. The van der Waals surface area contributed by atoms with Crippen LogP contribution in [0.1, 0.15) is 20.8 Å². The van der Waals surface area contributed by atoms with Crippen molar-refractivity contribution in [2.75, 3.05) is 11.9 Å². The smallest absolute Gasteiger partial charge is 0.310 e. The van der Waals surface area contributed by atoms with E-state index in [2.05, 4.69) is 15.6 Å². The van der Waals surface area contributed by atoms with Gasteiger partial charge in [0.2, 0.25) is 5.91 Å². The molecule has 0 spiro atoms. The topological polar surface area (TPSA) is 97.2 Å². The summed E-state index contributed by atoms with van der Waals surface area (Å²) in [5, 5.41) is 16.4. The summed E-state index contributed by atoms with van der Waals surface area (Å²) in [6.07, 6.45) is 2.59. The fourth-order valence-electron chi connectivity index (χ4n) is 1.41. The average molecular weight is 266 g/mol. The highest BCUT2D eigenvalue weighted by molar-refractivity contribution is 5.84. The molecule has 7 nitrogen and oxygen atoms in total. The van der Waals surface area contributed by atoms with Gasteiger partial charge in [0.15, 0.2) is 0 Å². The molecule has 2 N–H and O–H groups in total. The SMILES string of the molecule is CC(C)CNC(=O)C(C)Nc1ccncc1[N+](=O)[O-]. The number of aromatic nitrogens is 1. The molecule has 1 atom stereocenters. The fraction of sp³-hybridized carbons (Fsp3) is 0.500. The van der Waals surface area contributed by atoms with Crippen molar-refractivity contribution in [1.82, 2.24) is 10.3 Å². The molecule has 7 heteroatoms. The molecule has 1 amide bonds. The number of nitrogens with zero attached hydrogens (tertiary/aromatic N) is 2.